The molecule has 0 aliphatic rings. The van der Waals surface area contributed by atoms with Crippen LogP contribution in [0.1, 0.15) is 32.8 Å². The third kappa shape index (κ3) is 5.26. The van der Waals surface area contributed by atoms with E-state index < -0.39 is 0 Å². The van der Waals surface area contributed by atoms with Crippen LogP contribution in [0.25, 0.3) is 0 Å². The van der Waals surface area contributed by atoms with Gasteiger partial charge >= 0.3 is 0 Å². The van der Waals surface area contributed by atoms with E-state index in [-0.39, 0.29) is 17.9 Å². The smallest absolute Gasteiger partial charge is 0.250 e. The highest BCUT2D eigenvalue weighted by Crippen LogP contribution is 2.12. The van der Waals surface area contributed by atoms with Gasteiger partial charge in [-0.2, -0.15) is 0 Å². The summed E-state index contributed by atoms with van der Waals surface area (Å²) in [5.74, 6) is -0.228. The Bertz CT molecular complexity index is 509. The van der Waals surface area contributed by atoms with Crippen molar-refractivity contribution in [1.29, 1.82) is 0 Å². The van der Waals surface area contributed by atoms with Crippen LogP contribution in [0.4, 0.5) is 5.69 Å². The quantitative estimate of drug-likeness (QED) is 0.783. The zero-order chi connectivity index (χ0) is 15.1. The molecule has 0 bridgehead atoms. The largest absolute Gasteiger partial charge is 0.353 e. The van der Waals surface area contributed by atoms with Crippen molar-refractivity contribution in [2.24, 2.45) is 0 Å². The molecule has 0 heterocycles. The number of amides is 2. The lowest BCUT2D eigenvalue weighted by molar-refractivity contribution is -0.121. The van der Waals surface area contributed by atoms with Crippen molar-refractivity contribution in [3.63, 3.8) is 0 Å². The Hall–Kier alpha value is -2.10. The summed E-state index contributed by atoms with van der Waals surface area (Å²) >= 11 is 0. The van der Waals surface area contributed by atoms with Crippen LogP contribution in [0.3, 0.4) is 0 Å². The first-order chi connectivity index (χ1) is 9.42. The average Bonchev–Trinajstić information content (AvgIpc) is 2.38. The second-order valence-electron chi connectivity index (χ2n) is 4.99. The predicted octanol–water partition coefficient (Wildman–Crippen LogP) is 2.66. The second kappa shape index (κ2) is 7.48. The third-order valence-corrected chi connectivity index (χ3v) is 2.96. The van der Waals surface area contributed by atoms with Gasteiger partial charge in [0.25, 0.3) is 5.91 Å². The highest BCUT2D eigenvalue weighted by Gasteiger charge is 2.08. The lowest BCUT2D eigenvalue weighted by Crippen LogP contribution is -2.33. The molecule has 1 atom stereocenters. The summed E-state index contributed by atoms with van der Waals surface area (Å²) in [7, 11) is 0. The Kier molecular flexibility index (Phi) is 5.97. The number of carbonyl (C=O) groups excluding carboxylic acids is 2. The van der Waals surface area contributed by atoms with Gasteiger partial charge in [-0.3, -0.25) is 9.59 Å². The van der Waals surface area contributed by atoms with Crippen molar-refractivity contribution >= 4 is 17.5 Å². The second-order valence-corrected chi connectivity index (χ2v) is 4.99. The van der Waals surface area contributed by atoms with Gasteiger partial charge in [0.05, 0.1) is 6.42 Å². The first kappa shape index (κ1) is 16.0. The van der Waals surface area contributed by atoms with E-state index in [1.807, 2.05) is 26.0 Å². The molecule has 0 aliphatic heterocycles. The Balaban J connectivity index is 2.66. The van der Waals surface area contributed by atoms with E-state index in [1.54, 1.807) is 19.1 Å². The minimum atomic E-state index is -0.216. The maximum absolute atomic E-state index is 11.8. The van der Waals surface area contributed by atoms with Crippen LogP contribution in [-0.2, 0) is 16.0 Å². The van der Waals surface area contributed by atoms with Crippen molar-refractivity contribution in [1.82, 2.24) is 5.32 Å². The Morgan fingerprint density at radius 3 is 2.65 bits per heavy atom. The molecule has 0 saturated heterocycles. The number of hydrogen-bond donors (Lipinski definition) is 2. The molecule has 1 aromatic rings. The molecule has 0 radical (unpaired) electrons. The molecule has 1 unspecified atom stereocenters. The Morgan fingerprint density at radius 2 is 2.05 bits per heavy atom. The molecule has 0 fully saturated rings. The molecule has 1 aromatic carbocycles. The van der Waals surface area contributed by atoms with Gasteiger partial charge in [-0.25, -0.2) is 0 Å². The molecule has 0 aliphatic carbocycles. The third-order valence-electron chi connectivity index (χ3n) is 2.96. The van der Waals surface area contributed by atoms with E-state index in [9.17, 15) is 9.59 Å². The SMILES string of the molecule is C=C(C)C(=O)Nc1cccc(CC(=O)NC(C)CC)c1. The summed E-state index contributed by atoms with van der Waals surface area (Å²) in [6, 6.07) is 7.45. The minimum Gasteiger partial charge on any atom is -0.353 e. The van der Waals surface area contributed by atoms with Gasteiger partial charge in [-0.1, -0.05) is 25.6 Å². The van der Waals surface area contributed by atoms with Crippen LogP contribution in [0.2, 0.25) is 0 Å². The fraction of sp³-hybridized carbons (Fsp3) is 0.375. The molecule has 0 spiro atoms. The molecule has 2 amide bonds. The Labute approximate surface area is 120 Å². The standard InChI is InChI=1S/C16H22N2O2/c1-5-12(4)17-15(19)10-13-7-6-8-14(9-13)18-16(20)11(2)3/h6-9,12H,2,5,10H2,1,3-4H3,(H,17,19)(H,18,20). The van der Waals surface area contributed by atoms with Gasteiger partial charge in [-0.05, 0) is 38.0 Å². The van der Waals surface area contributed by atoms with Crippen LogP contribution in [0, 0.1) is 0 Å². The van der Waals surface area contributed by atoms with Crippen LogP contribution >= 0.6 is 0 Å². The van der Waals surface area contributed by atoms with E-state index >= 15 is 0 Å². The highest BCUT2D eigenvalue weighted by molar-refractivity contribution is 6.02. The first-order valence-corrected chi connectivity index (χ1v) is 6.77. The van der Waals surface area contributed by atoms with Gasteiger partial charge in [0.1, 0.15) is 0 Å². The van der Waals surface area contributed by atoms with Crippen molar-refractivity contribution in [2.45, 2.75) is 39.7 Å². The van der Waals surface area contributed by atoms with Gasteiger partial charge in [0.15, 0.2) is 0 Å². The van der Waals surface area contributed by atoms with Crippen molar-refractivity contribution in [3.8, 4) is 0 Å². The maximum atomic E-state index is 11.8. The minimum absolute atomic E-state index is 0.0114. The summed E-state index contributed by atoms with van der Waals surface area (Å²) in [6.45, 7) is 9.24. The molecule has 0 saturated carbocycles. The van der Waals surface area contributed by atoms with E-state index in [0.717, 1.165) is 12.0 Å². The number of carbonyl (C=O) groups is 2. The van der Waals surface area contributed by atoms with Crippen LogP contribution < -0.4 is 10.6 Å². The first-order valence-electron chi connectivity index (χ1n) is 6.77. The molecule has 1 rings (SSSR count). The average molecular weight is 274 g/mol. The lowest BCUT2D eigenvalue weighted by Gasteiger charge is -2.12. The van der Waals surface area contributed by atoms with Crippen LogP contribution in [0.5, 0.6) is 0 Å². The monoisotopic (exact) mass is 274 g/mol. The van der Waals surface area contributed by atoms with E-state index in [2.05, 4.69) is 17.2 Å². The highest BCUT2D eigenvalue weighted by atomic mass is 16.2. The van der Waals surface area contributed by atoms with Gasteiger partial charge in [0, 0.05) is 17.3 Å². The summed E-state index contributed by atoms with van der Waals surface area (Å²) in [5.41, 5.74) is 1.99. The van der Waals surface area contributed by atoms with E-state index in [0.29, 0.717) is 17.7 Å². The van der Waals surface area contributed by atoms with Crippen molar-refractivity contribution in [3.05, 3.63) is 42.0 Å². The summed E-state index contributed by atoms with van der Waals surface area (Å²) in [4.78, 5) is 23.4. The van der Waals surface area contributed by atoms with Gasteiger partial charge in [-0.15, -0.1) is 0 Å². The number of hydrogen-bond acceptors (Lipinski definition) is 2. The molecule has 2 N–H and O–H groups in total. The van der Waals surface area contributed by atoms with Crippen molar-refractivity contribution in [2.75, 3.05) is 5.32 Å². The molecule has 0 aromatic heterocycles. The molecular weight excluding hydrogens is 252 g/mol. The number of benzene rings is 1. The normalized spacial score (nSPS) is 11.6. The molecular formula is C16H22N2O2. The molecule has 108 valence electrons. The predicted molar refractivity (Wildman–Crippen MR) is 81.5 cm³/mol. The van der Waals surface area contributed by atoms with Gasteiger partial charge in [0.2, 0.25) is 5.91 Å². The topological polar surface area (TPSA) is 58.2 Å². The van der Waals surface area contributed by atoms with Gasteiger partial charge < -0.3 is 10.6 Å². The molecule has 20 heavy (non-hydrogen) atoms. The van der Waals surface area contributed by atoms with Crippen LogP contribution in [-0.4, -0.2) is 17.9 Å². The zero-order valence-electron chi connectivity index (χ0n) is 12.3. The number of nitrogens with one attached hydrogen (secondary N) is 2. The summed E-state index contributed by atoms with van der Waals surface area (Å²) in [6.07, 6.45) is 1.21. The van der Waals surface area contributed by atoms with Crippen LogP contribution in [0.15, 0.2) is 36.4 Å². The van der Waals surface area contributed by atoms with Crippen molar-refractivity contribution < 1.29 is 9.59 Å². The van der Waals surface area contributed by atoms with E-state index in [4.69, 9.17) is 0 Å². The molecule has 4 nitrogen and oxygen atoms in total. The fourth-order valence-corrected chi connectivity index (χ4v) is 1.61. The molecule has 4 heteroatoms. The Morgan fingerprint density at radius 1 is 1.35 bits per heavy atom. The summed E-state index contributed by atoms with van der Waals surface area (Å²) in [5, 5.41) is 5.65. The zero-order valence-corrected chi connectivity index (χ0v) is 12.3. The number of rotatable bonds is 6. The van der Waals surface area contributed by atoms with E-state index in [1.165, 1.54) is 0 Å². The maximum Gasteiger partial charge on any atom is 0.250 e. The number of anilines is 1. The fourth-order valence-electron chi connectivity index (χ4n) is 1.61. The summed E-state index contributed by atoms with van der Waals surface area (Å²) < 4.78 is 0. The lowest BCUT2D eigenvalue weighted by atomic mass is 10.1.